The standard InChI is InChI=1S/C12H16N2OS/c13-7-11-4-5-12(16-11)8-14-6-2-1-3-10(14)9-15/h4-5,10,15H,1-3,6,8-9H2. The van der Waals surface area contributed by atoms with Crippen molar-refractivity contribution in [3.63, 3.8) is 0 Å². The molecule has 2 heterocycles. The van der Waals surface area contributed by atoms with Crippen molar-refractivity contribution in [3.8, 4) is 6.07 Å². The summed E-state index contributed by atoms with van der Waals surface area (Å²) in [6.45, 7) is 2.18. The molecule has 4 heteroatoms. The predicted octanol–water partition coefficient (Wildman–Crippen LogP) is 1.97. The van der Waals surface area contributed by atoms with Crippen LogP contribution in [0.1, 0.15) is 29.0 Å². The summed E-state index contributed by atoms with van der Waals surface area (Å²) in [5.74, 6) is 0. The van der Waals surface area contributed by atoms with E-state index in [9.17, 15) is 5.11 Å². The maximum Gasteiger partial charge on any atom is 0.110 e. The van der Waals surface area contributed by atoms with Gasteiger partial charge in [0, 0.05) is 17.5 Å². The van der Waals surface area contributed by atoms with Gasteiger partial charge in [0.15, 0.2) is 0 Å². The fourth-order valence-corrected chi connectivity index (χ4v) is 3.03. The van der Waals surface area contributed by atoms with Crippen LogP contribution in [0.4, 0.5) is 0 Å². The second-order valence-electron chi connectivity index (χ2n) is 4.18. The molecule has 3 nitrogen and oxygen atoms in total. The average Bonchev–Trinajstić information content (AvgIpc) is 2.77. The van der Waals surface area contributed by atoms with Gasteiger partial charge in [-0.15, -0.1) is 11.3 Å². The molecule has 0 spiro atoms. The largest absolute Gasteiger partial charge is 0.395 e. The van der Waals surface area contributed by atoms with Crippen LogP contribution in [0, 0.1) is 11.3 Å². The molecule has 0 bridgehead atoms. The van der Waals surface area contributed by atoms with E-state index in [0.29, 0.717) is 6.04 Å². The van der Waals surface area contributed by atoms with Gasteiger partial charge in [0.05, 0.1) is 6.61 Å². The number of aliphatic hydroxyl groups is 1. The molecule has 86 valence electrons. The second-order valence-corrected chi connectivity index (χ2v) is 5.35. The lowest BCUT2D eigenvalue weighted by molar-refractivity contribution is 0.0850. The molecule has 1 saturated heterocycles. The minimum absolute atomic E-state index is 0.247. The molecular formula is C12H16N2OS. The van der Waals surface area contributed by atoms with Gasteiger partial charge in [0.2, 0.25) is 0 Å². The van der Waals surface area contributed by atoms with Crippen molar-refractivity contribution in [1.29, 1.82) is 5.26 Å². The molecule has 0 aliphatic carbocycles. The Morgan fingerprint density at radius 3 is 3.06 bits per heavy atom. The quantitative estimate of drug-likeness (QED) is 0.872. The molecule has 1 atom stereocenters. The zero-order chi connectivity index (χ0) is 11.4. The molecule has 1 unspecified atom stereocenters. The molecular weight excluding hydrogens is 220 g/mol. The zero-order valence-corrected chi connectivity index (χ0v) is 10.0. The zero-order valence-electron chi connectivity index (χ0n) is 9.22. The molecule has 1 aliphatic heterocycles. The number of aliphatic hydroxyl groups excluding tert-OH is 1. The van der Waals surface area contributed by atoms with E-state index in [-0.39, 0.29) is 6.61 Å². The Labute approximate surface area is 99.9 Å². The molecule has 1 aromatic heterocycles. The van der Waals surface area contributed by atoms with Crippen molar-refractivity contribution < 1.29 is 5.11 Å². The average molecular weight is 236 g/mol. The van der Waals surface area contributed by atoms with Crippen molar-refractivity contribution >= 4 is 11.3 Å². The van der Waals surface area contributed by atoms with Crippen LogP contribution in [-0.4, -0.2) is 29.2 Å². The van der Waals surface area contributed by atoms with Gasteiger partial charge in [-0.1, -0.05) is 6.42 Å². The first kappa shape index (κ1) is 11.6. The Morgan fingerprint density at radius 2 is 2.38 bits per heavy atom. The fourth-order valence-electron chi connectivity index (χ4n) is 2.20. The van der Waals surface area contributed by atoms with E-state index in [0.717, 1.165) is 24.4 Å². The summed E-state index contributed by atoms with van der Waals surface area (Å²) in [6.07, 6.45) is 3.52. The lowest BCUT2D eigenvalue weighted by Crippen LogP contribution is -2.40. The maximum absolute atomic E-state index is 9.30. The van der Waals surface area contributed by atoms with Crippen LogP contribution < -0.4 is 0 Å². The highest BCUT2D eigenvalue weighted by molar-refractivity contribution is 7.12. The Bertz CT molecular complexity index is 383. The summed E-state index contributed by atoms with van der Waals surface area (Å²) < 4.78 is 0. The normalized spacial score (nSPS) is 21.9. The van der Waals surface area contributed by atoms with Crippen LogP contribution >= 0.6 is 11.3 Å². The van der Waals surface area contributed by atoms with Crippen LogP contribution in [0.25, 0.3) is 0 Å². The van der Waals surface area contributed by atoms with Crippen LogP contribution in [0.2, 0.25) is 0 Å². The van der Waals surface area contributed by atoms with E-state index in [4.69, 9.17) is 5.26 Å². The molecule has 2 rings (SSSR count). The number of hydrogen-bond donors (Lipinski definition) is 1. The molecule has 1 aliphatic rings. The van der Waals surface area contributed by atoms with E-state index >= 15 is 0 Å². The molecule has 0 amide bonds. The maximum atomic E-state index is 9.30. The third-order valence-electron chi connectivity index (χ3n) is 3.09. The predicted molar refractivity (Wildman–Crippen MR) is 64.2 cm³/mol. The van der Waals surface area contributed by atoms with Gasteiger partial charge in [0.25, 0.3) is 0 Å². The van der Waals surface area contributed by atoms with Crippen LogP contribution in [0.15, 0.2) is 12.1 Å². The van der Waals surface area contributed by atoms with Crippen LogP contribution in [0.3, 0.4) is 0 Å². The Morgan fingerprint density at radius 1 is 1.50 bits per heavy atom. The third-order valence-corrected chi connectivity index (χ3v) is 4.07. The van der Waals surface area contributed by atoms with Crippen LogP contribution in [0.5, 0.6) is 0 Å². The monoisotopic (exact) mass is 236 g/mol. The van der Waals surface area contributed by atoms with Gasteiger partial charge in [-0.25, -0.2) is 0 Å². The summed E-state index contributed by atoms with van der Waals surface area (Å²) >= 11 is 1.55. The first-order chi connectivity index (χ1) is 7.83. The number of nitrogens with zero attached hydrogens (tertiary/aromatic N) is 2. The third kappa shape index (κ3) is 2.62. The van der Waals surface area contributed by atoms with Gasteiger partial charge >= 0.3 is 0 Å². The number of likely N-dealkylation sites (tertiary alicyclic amines) is 1. The molecule has 1 fully saturated rings. The Kier molecular flexibility index (Phi) is 3.94. The van der Waals surface area contributed by atoms with Crippen molar-refractivity contribution in [2.75, 3.05) is 13.2 Å². The van der Waals surface area contributed by atoms with Crippen molar-refractivity contribution in [2.45, 2.75) is 31.8 Å². The Hall–Kier alpha value is -0.890. The van der Waals surface area contributed by atoms with E-state index in [1.54, 1.807) is 11.3 Å². The minimum atomic E-state index is 0.247. The van der Waals surface area contributed by atoms with E-state index in [2.05, 4.69) is 11.0 Å². The first-order valence-electron chi connectivity index (χ1n) is 5.67. The summed E-state index contributed by atoms with van der Waals surface area (Å²) in [5, 5.41) is 18.1. The van der Waals surface area contributed by atoms with Crippen LogP contribution in [-0.2, 0) is 6.54 Å². The summed E-state index contributed by atoms with van der Waals surface area (Å²) in [4.78, 5) is 4.32. The Balaban J connectivity index is 1.99. The van der Waals surface area contributed by atoms with E-state index < -0.39 is 0 Å². The topological polar surface area (TPSA) is 47.3 Å². The van der Waals surface area contributed by atoms with E-state index in [1.165, 1.54) is 17.7 Å². The number of thiophene rings is 1. The molecule has 16 heavy (non-hydrogen) atoms. The van der Waals surface area contributed by atoms with Gasteiger partial charge < -0.3 is 5.11 Å². The van der Waals surface area contributed by atoms with Crippen molar-refractivity contribution in [3.05, 3.63) is 21.9 Å². The molecule has 0 saturated carbocycles. The molecule has 1 aromatic rings. The number of nitriles is 1. The number of piperidine rings is 1. The second kappa shape index (κ2) is 5.44. The molecule has 0 radical (unpaired) electrons. The number of hydrogen-bond acceptors (Lipinski definition) is 4. The van der Waals surface area contributed by atoms with Gasteiger partial charge in [-0.2, -0.15) is 5.26 Å². The first-order valence-corrected chi connectivity index (χ1v) is 6.49. The fraction of sp³-hybridized carbons (Fsp3) is 0.583. The van der Waals surface area contributed by atoms with Crippen molar-refractivity contribution in [2.24, 2.45) is 0 Å². The summed E-state index contributed by atoms with van der Waals surface area (Å²) in [5.41, 5.74) is 0. The molecule has 1 N–H and O–H groups in total. The molecule has 0 aromatic carbocycles. The van der Waals surface area contributed by atoms with Gasteiger partial charge in [-0.3, -0.25) is 4.90 Å². The lowest BCUT2D eigenvalue weighted by atomic mass is 10.0. The summed E-state index contributed by atoms with van der Waals surface area (Å²) in [7, 11) is 0. The highest BCUT2D eigenvalue weighted by Gasteiger charge is 2.21. The van der Waals surface area contributed by atoms with Crippen molar-refractivity contribution in [1.82, 2.24) is 4.90 Å². The summed E-state index contributed by atoms with van der Waals surface area (Å²) in [6, 6.07) is 6.36. The highest BCUT2D eigenvalue weighted by Crippen LogP contribution is 2.22. The lowest BCUT2D eigenvalue weighted by Gasteiger charge is -2.34. The smallest absolute Gasteiger partial charge is 0.110 e. The van der Waals surface area contributed by atoms with E-state index in [1.807, 2.05) is 12.1 Å². The van der Waals surface area contributed by atoms with Gasteiger partial charge in [-0.05, 0) is 31.5 Å². The SMILES string of the molecule is N#Cc1ccc(CN2CCCCC2CO)s1. The minimum Gasteiger partial charge on any atom is -0.395 e. The highest BCUT2D eigenvalue weighted by atomic mass is 32.1. The van der Waals surface area contributed by atoms with Gasteiger partial charge in [0.1, 0.15) is 10.9 Å². The number of rotatable bonds is 3.